The molecule has 0 unspecified atom stereocenters. The van der Waals surface area contributed by atoms with E-state index in [2.05, 4.69) is 55.4 Å². The first-order valence-corrected chi connectivity index (χ1v) is 5.64. The van der Waals surface area contributed by atoms with E-state index in [-0.39, 0.29) is 0 Å². The molecule has 0 fully saturated rings. The maximum absolute atomic E-state index is 2.24. The largest absolute Gasteiger partial charge is 0.0683 e. The first-order valence-electron chi connectivity index (χ1n) is 5.64. The topological polar surface area (TPSA) is 0 Å². The van der Waals surface area contributed by atoms with Gasteiger partial charge in [0.1, 0.15) is 0 Å². The molecule has 0 saturated carbocycles. The Morgan fingerprint density at radius 2 is 0.692 bits per heavy atom. The summed E-state index contributed by atoms with van der Waals surface area (Å²) in [5, 5.41) is 0. The lowest BCUT2D eigenvalue weighted by Crippen LogP contribution is -1.95. The van der Waals surface area contributed by atoms with Crippen molar-refractivity contribution in [3.05, 3.63) is 0 Å². The van der Waals surface area contributed by atoms with Crippen LogP contribution in [0.25, 0.3) is 0 Å². The van der Waals surface area contributed by atoms with Crippen LogP contribution >= 0.6 is 0 Å². The fraction of sp³-hybridized carbons (Fsp3) is 1.00. The van der Waals surface area contributed by atoms with Gasteiger partial charge in [-0.05, 0) is 17.3 Å². The van der Waals surface area contributed by atoms with Crippen molar-refractivity contribution in [2.75, 3.05) is 0 Å². The van der Waals surface area contributed by atoms with Crippen LogP contribution in [0.15, 0.2) is 0 Å². The maximum atomic E-state index is 2.24. The molecule has 0 rings (SSSR count). The van der Waals surface area contributed by atoms with Gasteiger partial charge in [0, 0.05) is 0 Å². The summed E-state index contributed by atoms with van der Waals surface area (Å²) in [6.45, 7) is 21.7. The predicted octanol–water partition coefficient (Wildman–Crippen LogP) is 5.38. The lowest BCUT2D eigenvalue weighted by molar-refractivity contribution is 0.457. The van der Waals surface area contributed by atoms with Crippen molar-refractivity contribution >= 4 is 0 Å². The monoisotopic (exact) mass is 188 g/mol. The second kappa shape index (κ2) is 10.1. The third-order valence-corrected chi connectivity index (χ3v) is 1.33. The molecule has 0 aromatic heterocycles. The van der Waals surface area contributed by atoms with Crippen molar-refractivity contribution < 1.29 is 0 Å². The number of hydrogen-bond acceptors (Lipinski definition) is 0. The summed E-state index contributed by atoms with van der Waals surface area (Å²) in [7, 11) is 0. The van der Waals surface area contributed by atoms with Gasteiger partial charge in [0.2, 0.25) is 0 Å². The highest BCUT2D eigenvalue weighted by molar-refractivity contribution is 4.47. The summed E-state index contributed by atoms with van der Waals surface area (Å²) >= 11 is 0. The van der Waals surface area contributed by atoms with E-state index in [9.17, 15) is 0 Å². The molecular formula is C13H32. The zero-order valence-corrected chi connectivity index (χ0v) is 11.7. The Labute approximate surface area is 87.1 Å². The number of hydrogen-bond donors (Lipinski definition) is 0. The number of rotatable bonds is 1. The Hall–Kier alpha value is 0. The Morgan fingerprint density at radius 3 is 0.692 bits per heavy atom. The zero-order valence-electron chi connectivity index (χ0n) is 11.7. The van der Waals surface area contributed by atoms with Crippen LogP contribution < -0.4 is 0 Å². The molecule has 0 aliphatic carbocycles. The van der Waals surface area contributed by atoms with Crippen molar-refractivity contribution in [2.45, 2.75) is 69.2 Å². The molecule has 0 radical (unpaired) electrons. The lowest BCUT2D eigenvalue weighted by Gasteiger charge is -2.05. The van der Waals surface area contributed by atoms with Gasteiger partial charge in [-0.3, -0.25) is 0 Å². The Balaban J connectivity index is -0.000000131. The van der Waals surface area contributed by atoms with Gasteiger partial charge < -0.3 is 0 Å². The van der Waals surface area contributed by atoms with E-state index < -0.39 is 0 Å². The van der Waals surface area contributed by atoms with Gasteiger partial charge >= 0.3 is 0 Å². The molecule has 84 valence electrons. The van der Waals surface area contributed by atoms with E-state index in [1.54, 1.807) is 0 Å². The summed E-state index contributed by atoms with van der Waals surface area (Å²) in [6, 6.07) is 0. The van der Waals surface area contributed by atoms with Crippen LogP contribution in [-0.4, -0.2) is 0 Å². The standard InChI is InChI=1S/C6H14.C5H12.C2H6/c1-5(2)6(3)4;1-5(2,3)4;1-2/h5-6H,1-4H3;1-4H3;1-2H3. The van der Waals surface area contributed by atoms with Crippen molar-refractivity contribution in [1.29, 1.82) is 0 Å². The molecule has 0 aliphatic rings. The third-order valence-electron chi connectivity index (χ3n) is 1.33. The van der Waals surface area contributed by atoms with Gasteiger partial charge in [0.15, 0.2) is 0 Å². The molecule has 0 heteroatoms. The average molecular weight is 188 g/mol. The molecule has 0 saturated heterocycles. The van der Waals surface area contributed by atoms with Crippen LogP contribution in [0.1, 0.15) is 69.2 Å². The molecule has 0 bridgehead atoms. The highest BCUT2D eigenvalue weighted by atomic mass is 14.0. The van der Waals surface area contributed by atoms with Crippen LogP contribution in [0.4, 0.5) is 0 Å². The van der Waals surface area contributed by atoms with E-state index in [4.69, 9.17) is 0 Å². The van der Waals surface area contributed by atoms with Gasteiger partial charge in [0.25, 0.3) is 0 Å². The van der Waals surface area contributed by atoms with Gasteiger partial charge in [0.05, 0.1) is 0 Å². The van der Waals surface area contributed by atoms with Crippen molar-refractivity contribution in [3.63, 3.8) is 0 Å². The molecule has 0 aliphatic heterocycles. The second-order valence-electron chi connectivity index (χ2n) is 5.49. The van der Waals surface area contributed by atoms with Crippen LogP contribution in [0.3, 0.4) is 0 Å². The molecular weight excluding hydrogens is 156 g/mol. The molecule has 0 N–H and O–H groups in total. The minimum absolute atomic E-state index is 0.500. The van der Waals surface area contributed by atoms with E-state index in [0.717, 1.165) is 11.8 Å². The predicted molar refractivity (Wildman–Crippen MR) is 66.2 cm³/mol. The molecule has 0 heterocycles. The minimum atomic E-state index is 0.500. The zero-order chi connectivity index (χ0) is 11.7. The molecule has 0 atom stereocenters. The quantitative estimate of drug-likeness (QED) is 0.518. The fourth-order valence-corrected chi connectivity index (χ4v) is 0. The lowest BCUT2D eigenvalue weighted by atomic mass is 10.0. The van der Waals surface area contributed by atoms with Crippen molar-refractivity contribution in [3.8, 4) is 0 Å². The van der Waals surface area contributed by atoms with Gasteiger partial charge in [-0.1, -0.05) is 69.2 Å². The fourth-order valence-electron chi connectivity index (χ4n) is 0. The summed E-state index contributed by atoms with van der Waals surface area (Å²) in [5.74, 6) is 1.70. The first kappa shape index (κ1) is 18.7. The Kier molecular flexibility index (Phi) is 14.5. The van der Waals surface area contributed by atoms with E-state index in [1.165, 1.54) is 0 Å². The van der Waals surface area contributed by atoms with Crippen LogP contribution in [-0.2, 0) is 0 Å². The maximum Gasteiger partial charge on any atom is -0.0411 e. The smallest absolute Gasteiger partial charge is 0.0411 e. The normalized spacial score (nSPS) is 10.2. The van der Waals surface area contributed by atoms with Gasteiger partial charge in [-0.2, -0.15) is 0 Å². The molecule has 0 spiro atoms. The molecule has 13 heavy (non-hydrogen) atoms. The molecule has 0 aromatic carbocycles. The summed E-state index contributed by atoms with van der Waals surface area (Å²) < 4.78 is 0. The van der Waals surface area contributed by atoms with E-state index >= 15 is 0 Å². The Morgan fingerprint density at radius 1 is 0.615 bits per heavy atom. The highest BCUT2D eigenvalue weighted by Gasteiger charge is 1.96. The Bertz CT molecular complexity index is 60.5. The molecule has 0 aromatic rings. The minimum Gasteiger partial charge on any atom is -0.0683 e. The van der Waals surface area contributed by atoms with Crippen molar-refractivity contribution in [2.24, 2.45) is 17.3 Å². The average Bonchev–Trinajstić information content (AvgIpc) is 1.88. The van der Waals surface area contributed by atoms with Crippen molar-refractivity contribution in [1.82, 2.24) is 0 Å². The van der Waals surface area contributed by atoms with Gasteiger partial charge in [-0.15, -0.1) is 0 Å². The van der Waals surface area contributed by atoms with E-state index in [0.29, 0.717) is 5.41 Å². The molecule has 0 amide bonds. The summed E-state index contributed by atoms with van der Waals surface area (Å²) in [5.41, 5.74) is 0.500. The molecule has 0 nitrogen and oxygen atoms in total. The second-order valence-corrected chi connectivity index (χ2v) is 5.49. The first-order chi connectivity index (χ1) is 5.64. The van der Waals surface area contributed by atoms with Gasteiger partial charge in [-0.25, -0.2) is 0 Å². The summed E-state index contributed by atoms with van der Waals surface area (Å²) in [4.78, 5) is 0. The highest BCUT2D eigenvalue weighted by Crippen LogP contribution is 2.08. The SMILES string of the molecule is CC.CC(C)(C)C.CC(C)C(C)C. The van der Waals surface area contributed by atoms with Crippen LogP contribution in [0.2, 0.25) is 0 Å². The van der Waals surface area contributed by atoms with Crippen LogP contribution in [0.5, 0.6) is 0 Å². The summed E-state index contributed by atoms with van der Waals surface area (Å²) in [6.07, 6.45) is 0. The third kappa shape index (κ3) is 75.0. The van der Waals surface area contributed by atoms with Crippen LogP contribution in [0, 0.1) is 17.3 Å². The van der Waals surface area contributed by atoms with E-state index in [1.807, 2.05) is 13.8 Å².